The maximum Gasteiger partial charge on any atom is 0.119 e. The van der Waals surface area contributed by atoms with Gasteiger partial charge in [-0.05, 0) is 42.8 Å². The molecule has 0 spiro atoms. The van der Waals surface area contributed by atoms with Crippen LogP contribution in [0, 0.1) is 0 Å². The predicted molar refractivity (Wildman–Crippen MR) is 115 cm³/mol. The number of pyridine rings is 1. The monoisotopic (exact) mass is 385 g/mol. The summed E-state index contributed by atoms with van der Waals surface area (Å²) in [6.07, 6.45) is 7.97. The number of aliphatic hydroxyl groups excluding tert-OH is 1. The second-order valence-electron chi connectivity index (χ2n) is 7.86. The van der Waals surface area contributed by atoms with Gasteiger partial charge in [-0.15, -0.1) is 0 Å². The standard InChI is InChI=1S/C23H35N3O2/c1-3-4-5-6-7-12-25-13-15-26(16-14-25)18-23(27)20-10-11-24-22-9-8-19(28-2)17-21(20)22/h8-11,17,23,27H,3-7,12-16,18H2,1-2H3. The topological polar surface area (TPSA) is 48.8 Å². The Bertz CT molecular complexity index is 729. The SMILES string of the molecule is CCCCCCCN1CCN(CC(O)c2ccnc3ccc(OC)cc23)CC1. The number of rotatable bonds is 10. The maximum atomic E-state index is 10.9. The summed E-state index contributed by atoms with van der Waals surface area (Å²) in [6, 6.07) is 7.76. The van der Waals surface area contributed by atoms with Crippen molar-refractivity contribution in [3.8, 4) is 5.75 Å². The number of hydrogen-bond donors (Lipinski definition) is 1. The molecule has 3 rings (SSSR count). The number of nitrogens with zero attached hydrogens (tertiary/aromatic N) is 3. The molecular weight excluding hydrogens is 350 g/mol. The molecule has 154 valence electrons. The number of hydrogen-bond acceptors (Lipinski definition) is 5. The smallest absolute Gasteiger partial charge is 0.119 e. The van der Waals surface area contributed by atoms with Crippen LogP contribution in [0.5, 0.6) is 5.75 Å². The van der Waals surface area contributed by atoms with Crippen LogP contribution < -0.4 is 4.74 Å². The third kappa shape index (κ3) is 5.66. The predicted octanol–water partition coefficient (Wildman–Crippen LogP) is 3.86. The Morgan fingerprint density at radius 3 is 2.54 bits per heavy atom. The van der Waals surface area contributed by atoms with Crippen molar-refractivity contribution in [2.45, 2.75) is 45.1 Å². The minimum Gasteiger partial charge on any atom is -0.497 e. The van der Waals surface area contributed by atoms with Crippen molar-refractivity contribution in [1.29, 1.82) is 0 Å². The third-order valence-electron chi connectivity index (χ3n) is 5.82. The molecule has 5 nitrogen and oxygen atoms in total. The molecule has 1 aliphatic heterocycles. The van der Waals surface area contributed by atoms with Gasteiger partial charge in [0.1, 0.15) is 5.75 Å². The van der Waals surface area contributed by atoms with Crippen LogP contribution >= 0.6 is 0 Å². The highest BCUT2D eigenvalue weighted by Crippen LogP contribution is 2.27. The van der Waals surface area contributed by atoms with Gasteiger partial charge in [0.15, 0.2) is 0 Å². The first kappa shape index (κ1) is 21.0. The first-order valence-electron chi connectivity index (χ1n) is 10.8. The number of ether oxygens (including phenoxy) is 1. The van der Waals surface area contributed by atoms with Gasteiger partial charge in [0.25, 0.3) is 0 Å². The summed E-state index contributed by atoms with van der Waals surface area (Å²) >= 11 is 0. The van der Waals surface area contributed by atoms with E-state index in [1.807, 2.05) is 24.3 Å². The Labute approximate surface area is 169 Å². The summed E-state index contributed by atoms with van der Waals surface area (Å²) in [5.41, 5.74) is 1.83. The molecule has 0 radical (unpaired) electrons. The van der Waals surface area contributed by atoms with Crippen LogP contribution in [-0.4, -0.2) is 66.3 Å². The van der Waals surface area contributed by atoms with Crippen LogP contribution in [0.4, 0.5) is 0 Å². The van der Waals surface area contributed by atoms with Gasteiger partial charge in [-0.2, -0.15) is 0 Å². The molecule has 1 aromatic heterocycles. The van der Waals surface area contributed by atoms with Gasteiger partial charge in [0.05, 0.1) is 18.7 Å². The zero-order valence-electron chi connectivity index (χ0n) is 17.4. The first-order valence-corrected chi connectivity index (χ1v) is 10.8. The Hall–Kier alpha value is -1.69. The van der Waals surface area contributed by atoms with Gasteiger partial charge in [-0.3, -0.25) is 9.88 Å². The Morgan fingerprint density at radius 1 is 1.04 bits per heavy atom. The van der Waals surface area contributed by atoms with Crippen molar-refractivity contribution in [2.24, 2.45) is 0 Å². The number of methoxy groups -OCH3 is 1. The highest BCUT2D eigenvalue weighted by Gasteiger charge is 2.21. The molecule has 0 bridgehead atoms. The molecule has 1 atom stereocenters. The van der Waals surface area contributed by atoms with Crippen molar-refractivity contribution in [3.63, 3.8) is 0 Å². The molecule has 28 heavy (non-hydrogen) atoms. The van der Waals surface area contributed by atoms with E-state index in [9.17, 15) is 5.11 Å². The van der Waals surface area contributed by atoms with Crippen molar-refractivity contribution in [2.75, 3.05) is 46.4 Å². The lowest BCUT2D eigenvalue weighted by molar-refractivity contribution is 0.0726. The van der Waals surface area contributed by atoms with E-state index in [0.29, 0.717) is 6.54 Å². The second-order valence-corrected chi connectivity index (χ2v) is 7.86. The molecule has 1 aliphatic rings. The Morgan fingerprint density at radius 2 is 1.79 bits per heavy atom. The fourth-order valence-electron chi connectivity index (χ4n) is 4.04. The minimum absolute atomic E-state index is 0.516. The number of β-amino-alcohol motifs (C(OH)–C–C–N with tert-alkyl or cyclic N) is 1. The van der Waals surface area contributed by atoms with Crippen LogP contribution in [0.2, 0.25) is 0 Å². The van der Waals surface area contributed by atoms with E-state index >= 15 is 0 Å². The number of aliphatic hydroxyl groups is 1. The van der Waals surface area contributed by atoms with Gasteiger partial charge in [0.2, 0.25) is 0 Å². The molecule has 5 heteroatoms. The lowest BCUT2D eigenvalue weighted by Crippen LogP contribution is -2.47. The normalized spacial score (nSPS) is 17.1. The van der Waals surface area contributed by atoms with Crippen LogP contribution in [0.15, 0.2) is 30.5 Å². The number of benzene rings is 1. The Balaban J connectivity index is 1.51. The summed E-state index contributed by atoms with van der Waals surface area (Å²) in [6.45, 7) is 8.40. The summed E-state index contributed by atoms with van der Waals surface area (Å²) in [7, 11) is 1.66. The highest BCUT2D eigenvalue weighted by molar-refractivity contribution is 5.83. The molecule has 2 aromatic rings. The second kappa shape index (κ2) is 10.7. The summed E-state index contributed by atoms with van der Waals surface area (Å²) in [5, 5.41) is 11.9. The molecule has 2 heterocycles. The first-order chi connectivity index (χ1) is 13.7. The zero-order chi connectivity index (χ0) is 19.8. The fraction of sp³-hybridized carbons (Fsp3) is 0.609. The maximum absolute atomic E-state index is 10.9. The lowest BCUT2D eigenvalue weighted by Gasteiger charge is -2.35. The van der Waals surface area contributed by atoms with Crippen LogP contribution in [0.1, 0.15) is 50.7 Å². The van der Waals surface area contributed by atoms with Gasteiger partial charge in [-0.25, -0.2) is 0 Å². The van der Waals surface area contributed by atoms with E-state index in [4.69, 9.17) is 4.74 Å². The van der Waals surface area contributed by atoms with Gasteiger partial charge < -0.3 is 14.7 Å². The molecule has 0 saturated carbocycles. The Kier molecular flexibility index (Phi) is 8.07. The highest BCUT2D eigenvalue weighted by atomic mass is 16.5. The van der Waals surface area contributed by atoms with E-state index in [2.05, 4.69) is 21.7 Å². The molecule has 0 aliphatic carbocycles. The molecule has 1 fully saturated rings. The number of fused-ring (bicyclic) bond motifs is 1. The van der Waals surface area contributed by atoms with Crippen LogP contribution in [-0.2, 0) is 0 Å². The van der Waals surface area contributed by atoms with Gasteiger partial charge >= 0.3 is 0 Å². The summed E-state index contributed by atoms with van der Waals surface area (Å²) in [4.78, 5) is 9.37. The lowest BCUT2D eigenvalue weighted by atomic mass is 10.0. The minimum atomic E-state index is -0.516. The number of piperazine rings is 1. The van der Waals surface area contributed by atoms with Gasteiger partial charge in [0, 0.05) is 44.3 Å². The average Bonchev–Trinajstić information content (AvgIpc) is 2.73. The molecular formula is C23H35N3O2. The van der Waals surface area contributed by atoms with Crippen molar-refractivity contribution >= 4 is 10.9 Å². The molecule has 1 saturated heterocycles. The van der Waals surface area contributed by atoms with E-state index in [1.165, 1.54) is 38.6 Å². The van der Waals surface area contributed by atoms with Crippen molar-refractivity contribution < 1.29 is 9.84 Å². The molecule has 1 aromatic carbocycles. The molecule has 0 amide bonds. The molecule has 1 unspecified atom stereocenters. The van der Waals surface area contributed by atoms with Crippen LogP contribution in [0.3, 0.4) is 0 Å². The van der Waals surface area contributed by atoms with E-state index in [-0.39, 0.29) is 0 Å². The molecule has 1 N–H and O–H groups in total. The van der Waals surface area contributed by atoms with E-state index < -0.39 is 6.10 Å². The zero-order valence-corrected chi connectivity index (χ0v) is 17.4. The number of unbranched alkanes of at least 4 members (excludes halogenated alkanes) is 4. The largest absolute Gasteiger partial charge is 0.497 e. The van der Waals surface area contributed by atoms with E-state index in [1.54, 1.807) is 13.3 Å². The third-order valence-corrected chi connectivity index (χ3v) is 5.82. The van der Waals surface area contributed by atoms with E-state index in [0.717, 1.165) is 48.4 Å². The number of aromatic nitrogens is 1. The van der Waals surface area contributed by atoms with Crippen molar-refractivity contribution in [3.05, 3.63) is 36.0 Å². The fourth-order valence-corrected chi connectivity index (χ4v) is 4.04. The quantitative estimate of drug-likeness (QED) is 0.629. The van der Waals surface area contributed by atoms with Gasteiger partial charge in [-0.1, -0.05) is 32.6 Å². The van der Waals surface area contributed by atoms with Crippen molar-refractivity contribution in [1.82, 2.24) is 14.8 Å². The summed E-state index contributed by atoms with van der Waals surface area (Å²) in [5.74, 6) is 0.793. The van der Waals surface area contributed by atoms with Crippen LogP contribution in [0.25, 0.3) is 10.9 Å². The average molecular weight is 386 g/mol. The summed E-state index contributed by atoms with van der Waals surface area (Å²) < 4.78 is 5.35.